The number of hydrogen-bond donors (Lipinski definition) is 0. The first-order valence-corrected chi connectivity index (χ1v) is 7.34. The van der Waals surface area contributed by atoms with E-state index < -0.39 is 53.6 Å². The summed E-state index contributed by atoms with van der Waals surface area (Å²) in [6, 6.07) is 1.75. The van der Waals surface area contributed by atoms with Crippen LogP contribution < -0.4 is 5.56 Å². The molecule has 0 aromatic carbocycles. The molecular weight excluding hydrogens is 385 g/mol. The van der Waals surface area contributed by atoms with E-state index in [1.807, 2.05) is 0 Å². The van der Waals surface area contributed by atoms with E-state index in [1.54, 1.807) is 0 Å². The van der Waals surface area contributed by atoms with Gasteiger partial charge in [0.1, 0.15) is 11.5 Å². The second kappa shape index (κ2) is 6.35. The maximum atomic E-state index is 13.4. The average Bonchev–Trinajstić information content (AvgIpc) is 3.00. The number of halogens is 7. The number of aryl methyl sites for hydroxylation is 1. The largest absolute Gasteiger partial charge is 0.434 e. The van der Waals surface area contributed by atoms with E-state index in [2.05, 4.69) is 10.1 Å². The molecule has 0 bridgehead atoms. The summed E-state index contributed by atoms with van der Waals surface area (Å²) >= 11 is 0. The summed E-state index contributed by atoms with van der Waals surface area (Å²) in [6.45, 7) is -0.637. The van der Waals surface area contributed by atoms with Crippen molar-refractivity contribution < 1.29 is 30.7 Å². The fraction of sp³-hybridized carbons (Fsp3) is 0.267. The molecule has 0 N–H and O–H groups in total. The van der Waals surface area contributed by atoms with Crippen molar-refractivity contribution in [3.05, 3.63) is 52.6 Å². The minimum absolute atomic E-state index is 0.374. The Kier molecular flexibility index (Phi) is 4.44. The van der Waals surface area contributed by atoms with E-state index in [1.165, 1.54) is 0 Å². The highest BCUT2D eigenvalue weighted by molar-refractivity contribution is 5.66. The summed E-state index contributed by atoms with van der Waals surface area (Å²) in [5, 5.41) is 3.56. The van der Waals surface area contributed by atoms with Crippen LogP contribution in [0.2, 0.25) is 0 Å². The first-order chi connectivity index (χ1) is 12.5. The molecule has 12 heteroatoms. The van der Waals surface area contributed by atoms with Crippen LogP contribution in [-0.2, 0) is 12.7 Å². The molecule has 0 radical (unpaired) electrons. The Balaban J connectivity index is 2.17. The lowest BCUT2D eigenvalue weighted by molar-refractivity contribution is -0.140. The highest BCUT2D eigenvalue weighted by Gasteiger charge is 2.38. The number of aromatic nitrogens is 4. The van der Waals surface area contributed by atoms with Crippen molar-refractivity contribution in [2.45, 2.75) is 25.3 Å². The standard InChI is InChI=1S/C15H9F7N4O/c16-9-1-2-10-24-12(15(20,21)22)11(13(27)26(10)7-9)8-5-23-25(6-8)4-3-14(17,18)19/h1-2,5-7H,3-4H2. The molecule has 27 heavy (non-hydrogen) atoms. The van der Waals surface area contributed by atoms with Gasteiger partial charge in [-0.2, -0.15) is 31.4 Å². The molecule has 0 atom stereocenters. The van der Waals surface area contributed by atoms with Gasteiger partial charge in [0.25, 0.3) is 5.56 Å². The van der Waals surface area contributed by atoms with E-state index in [-0.39, 0.29) is 5.56 Å². The fourth-order valence-corrected chi connectivity index (χ4v) is 2.43. The first-order valence-electron chi connectivity index (χ1n) is 7.34. The Hall–Kier alpha value is -2.92. The molecule has 144 valence electrons. The lowest BCUT2D eigenvalue weighted by Crippen LogP contribution is -2.24. The van der Waals surface area contributed by atoms with Crippen molar-refractivity contribution in [1.29, 1.82) is 0 Å². The summed E-state index contributed by atoms with van der Waals surface area (Å²) in [7, 11) is 0. The van der Waals surface area contributed by atoms with Crippen molar-refractivity contribution in [1.82, 2.24) is 19.2 Å². The van der Waals surface area contributed by atoms with Gasteiger partial charge >= 0.3 is 12.4 Å². The van der Waals surface area contributed by atoms with Crippen LogP contribution in [0, 0.1) is 5.82 Å². The highest BCUT2D eigenvalue weighted by atomic mass is 19.4. The lowest BCUT2D eigenvalue weighted by Gasteiger charge is -2.12. The molecule has 3 heterocycles. The van der Waals surface area contributed by atoms with E-state index in [0.29, 0.717) is 10.6 Å². The van der Waals surface area contributed by atoms with Gasteiger partial charge in [-0.15, -0.1) is 0 Å². The van der Waals surface area contributed by atoms with Gasteiger partial charge in [-0.05, 0) is 12.1 Å². The Bertz CT molecular complexity index is 1050. The van der Waals surface area contributed by atoms with Crippen LogP contribution in [-0.4, -0.2) is 25.3 Å². The molecule has 0 saturated carbocycles. The summed E-state index contributed by atoms with van der Waals surface area (Å²) < 4.78 is 91.7. The number of nitrogens with zero attached hydrogens (tertiary/aromatic N) is 4. The molecule has 0 unspecified atom stereocenters. The van der Waals surface area contributed by atoms with Gasteiger partial charge in [0.15, 0.2) is 5.69 Å². The molecule has 0 aliphatic carbocycles. The second-order valence-corrected chi connectivity index (χ2v) is 5.57. The normalized spacial score (nSPS) is 12.7. The summed E-state index contributed by atoms with van der Waals surface area (Å²) in [6.07, 6.45) is -8.37. The SMILES string of the molecule is O=c1c(-c2cnn(CCC(F)(F)F)c2)c(C(F)(F)F)nc2ccc(F)cn12. The predicted octanol–water partition coefficient (Wildman–Crippen LogP) is 3.67. The third-order valence-electron chi connectivity index (χ3n) is 3.60. The van der Waals surface area contributed by atoms with Crippen molar-refractivity contribution in [2.75, 3.05) is 0 Å². The number of alkyl halides is 6. The van der Waals surface area contributed by atoms with Gasteiger partial charge in [0.05, 0.1) is 18.2 Å². The van der Waals surface area contributed by atoms with E-state index >= 15 is 0 Å². The first kappa shape index (κ1) is 18.9. The molecule has 3 aromatic rings. The predicted molar refractivity (Wildman–Crippen MR) is 78.3 cm³/mol. The second-order valence-electron chi connectivity index (χ2n) is 5.57. The molecule has 0 saturated heterocycles. The monoisotopic (exact) mass is 394 g/mol. The number of fused-ring (bicyclic) bond motifs is 1. The quantitative estimate of drug-likeness (QED) is 0.637. The summed E-state index contributed by atoms with van der Waals surface area (Å²) in [4.78, 5) is 15.9. The lowest BCUT2D eigenvalue weighted by atomic mass is 10.1. The van der Waals surface area contributed by atoms with Gasteiger partial charge in [-0.25, -0.2) is 9.37 Å². The van der Waals surface area contributed by atoms with Crippen LogP contribution in [0.25, 0.3) is 16.8 Å². The summed E-state index contributed by atoms with van der Waals surface area (Å²) in [5.74, 6) is -0.877. The van der Waals surface area contributed by atoms with E-state index in [9.17, 15) is 35.5 Å². The van der Waals surface area contributed by atoms with E-state index in [0.717, 1.165) is 29.2 Å². The zero-order chi connectivity index (χ0) is 20.0. The number of pyridine rings is 1. The van der Waals surface area contributed by atoms with Crippen LogP contribution in [0.3, 0.4) is 0 Å². The number of rotatable bonds is 3. The minimum Gasteiger partial charge on any atom is -0.272 e. The van der Waals surface area contributed by atoms with Crippen LogP contribution in [0.4, 0.5) is 30.7 Å². The molecule has 0 aliphatic rings. The maximum absolute atomic E-state index is 13.4. The smallest absolute Gasteiger partial charge is 0.272 e. The average molecular weight is 394 g/mol. The minimum atomic E-state index is -5.02. The molecule has 0 spiro atoms. The maximum Gasteiger partial charge on any atom is 0.434 e. The fourth-order valence-electron chi connectivity index (χ4n) is 2.43. The molecule has 0 fully saturated rings. The zero-order valence-electron chi connectivity index (χ0n) is 13.1. The zero-order valence-corrected chi connectivity index (χ0v) is 13.1. The Morgan fingerprint density at radius 1 is 1.04 bits per heavy atom. The van der Waals surface area contributed by atoms with Gasteiger partial charge < -0.3 is 0 Å². The van der Waals surface area contributed by atoms with Gasteiger partial charge in [-0.1, -0.05) is 0 Å². The van der Waals surface area contributed by atoms with Gasteiger partial charge in [-0.3, -0.25) is 13.9 Å². The van der Waals surface area contributed by atoms with Crippen LogP contribution in [0.1, 0.15) is 12.1 Å². The molecule has 5 nitrogen and oxygen atoms in total. The molecular formula is C15H9F7N4O. The van der Waals surface area contributed by atoms with Gasteiger partial charge in [0, 0.05) is 24.5 Å². The van der Waals surface area contributed by atoms with Crippen LogP contribution >= 0.6 is 0 Å². The topological polar surface area (TPSA) is 52.2 Å². The van der Waals surface area contributed by atoms with Crippen LogP contribution in [0.15, 0.2) is 35.5 Å². The number of hydrogen-bond acceptors (Lipinski definition) is 3. The molecule has 0 aliphatic heterocycles. The Labute approximate surface area is 145 Å². The van der Waals surface area contributed by atoms with Crippen molar-refractivity contribution >= 4 is 5.65 Å². The molecule has 3 aromatic heterocycles. The summed E-state index contributed by atoms with van der Waals surface area (Å²) in [5.41, 5.74) is -4.48. The van der Waals surface area contributed by atoms with Crippen molar-refractivity contribution in [3.8, 4) is 11.1 Å². The third kappa shape index (κ3) is 3.93. The Morgan fingerprint density at radius 2 is 1.74 bits per heavy atom. The van der Waals surface area contributed by atoms with Crippen molar-refractivity contribution in [2.24, 2.45) is 0 Å². The molecule has 3 rings (SSSR count). The molecule has 0 amide bonds. The third-order valence-corrected chi connectivity index (χ3v) is 3.60. The van der Waals surface area contributed by atoms with E-state index in [4.69, 9.17) is 0 Å². The van der Waals surface area contributed by atoms with Gasteiger partial charge in [0.2, 0.25) is 0 Å². The Morgan fingerprint density at radius 3 is 2.37 bits per heavy atom. The highest BCUT2D eigenvalue weighted by Crippen LogP contribution is 2.34. The van der Waals surface area contributed by atoms with Crippen LogP contribution in [0.5, 0.6) is 0 Å². The van der Waals surface area contributed by atoms with Crippen molar-refractivity contribution in [3.63, 3.8) is 0 Å².